The van der Waals surface area contributed by atoms with Crippen molar-refractivity contribution in [1.29, 1.82) is 0 Å². The summed E-state index contributed by atoms with van der Waals surface area (Å²) in [5.74, 6) is 0.121. The van der Waals surface area contributed by atoms with Gasteiger partial charge in [-0.1, -0.05) is 0 Å². The highest BCUT2D eigenvalue weighted by Gasteiger charge is 2.09. The normalized spacial score (nSPS) is 12.5. The van der Waals surface area contributed by atoms with E-state index in [1.54, 1.807) is 16.8 Å². The van der Waals surface area contributed by atoms with E-state index < -0.39 is 0 Å². The molecule has 6 heteroatoms. The number of hydrogen-bond donors (Lipinski definition) is 2. The average molecular weight is 289 g/mol. The molecule has 0 bridgehead atoms. The van der Waals surface area contributed by atoms with Crippen LogP contribution >= 0.6 is 0 Å². The van der Waals surface area contributed by atoms with Crippen LogP contribution in [0.4, 0.5) is 4.39 Å². The minimum atomic E-state index is -0.267. The summed E-state index contributed by atoms with van der Waals surface area (Å²) in [6, 6.07) is 8.01. The zero-order chi connectivity index (χ0) is 15.5. The lowest BCUT2D eigenvalue weighted by molar-refractivity contribution is 0.508. The molecule has 1 heterocycles. The second-order valence-corrected chi connectivity index (χ2v) is 5.80. The molecule has 0 amide bonds. The molecule has 21 heavy (non-hydrogen) atoms. The summed E-state index contributed by atoms with van der Waals surface area (Å²) in [6.45, 7) is 6.43. The Hall–Kier alpha value is -2.37. The largest absolute Gasteiger partial charge is 0.370 e. The molecule has 5 nitrogen and oxygen atoms in total. The number of hydrogen-bond acceptors (Lipinski definition) is 2. The highest BCUT2D eigenvalue weighted by atomic mass is 19.1. The van der Waals surface area contributed by atoms with Crippen LogP contribution in [0.15, 0.2) is 41.5 Å². The van der Waals surface area contributed by atoms with E-state index in [0.717, 1.165) is 11.4 Å². The van der Waals surface area contributed by atoms with Crippen molar-refractivity contribution < 1.29 is 4.39 Å². The SMILES string of the molecule is CC(C)(C)NC(N)=NCc1ccn(-c2ccc(F)cc2)n1. The highest BCUT2D eigenvalue weighted by molar-refractivity contribution is 5.78. The van der Waals surface area contributed by atoms with Gasteiger partial charge in [0, 0.05) is 11.7 Å². The van der Waals surface area contributed by atoms with Gasteiger partial charge in [-0.05, 0) is 51.1 Å². The molecule has 2 aromatic rings. The van der Waals surface area contributed by atoms with Crippen molar-refractivity contribution >= 4 is 5.96 Å². The molecule has 0 fully saturated rings. The Morgan fingerprint density at radius 1 is 1.29 bits per heavy atom. The third kappa shape index (κ3) is 4.59. The predicted octanol–water partition coefficient (Wildman–Crippen LogP) is 2.21. The molecule has 1 aromatic heterocycles. The molecular weight excluding hydrogens is 269 g/mol. The fourth-order valence-electron chi connectivity index (χ4n) is 1.77. The lowest BCUT2D eigenvalue weighted by Crippen LogP contribution is -2.44. The van der Waals surface area contributed by atoms with E-state index in [9.17, 15) is 4.39 Å². The van der Waals surface area contributed by atoms with Crippen molar-refractivity contribution in [2.45, 2.75) is 32.9 Å². The number of rotatable bonds is 3. The topological polar surface area (TPSA) is 68.2 Å². The van der Waals surface area contributed by atoms with Gasteiger partial charge in [-0.2, -0.15) is 5.10 Å². The first-order valence-electron chi connectivity index (χ1n) is 6.72. The number of aromatic nitrogens is 2. The van der Waals surface area contributed by atoms with E-state index in [2.05, 4.69) is 15.4 Å². The van der Waals surface area contributed by atoms with E-state index in [1.165, 1.54) is 12.1 Å². The highest BCUT2D eigenvalue weighted by Crippen LogP contribution is 2.09. The summed E-state index contributed by atoms with van der Waals surface area (Å²) in [5.41, 5.74) is 7.27. The molecule has 3 N–H and O–H groups in total. The Kier molecular flexibility index (Phi) is 4.26. The first-order chi connectivity index (χ1) is 9.83. The van der Waals surface area contributed by atoms with Crippen molar-refractivity contribution in [3.63, 3.8) is 0 Å². The molecule has 112 valence electrons. The van der Waals surface area contributed by atoms with Crippen LogP contribution in [-0.4, -0.2) is 21.3 Å². The maximum atomic E-state index is 12.9. The molecule has 0 aliphatic heterocycles. The summed E-state index contributed by atoms with van der Waals surface area (Å²) < 4.78 is 14.6. The smallest absolute Gasteiger partial charge is 0.189 e. The molecule has 1 aromatic carbocycles. The molecule has 0 atom stereocenters. The summed E-state index contributed by atoms with van der Waals surface area (Å²) >= 11 is 0. The summed E-state index contributed by atoms with van der Waals surface area (Å²) in [5, 5.41) is 7.47. The molecule has 0 saturated heterocycles. The van der Waals surface area contributed by atoms with Gasteiger partial charge in [-0.3, -0.25) is 0 Å². The van der Waals surface area contributed by atoms with E-state index in [4.69, 9.17) is 5.73 Å². The minimum absolute atomic E-state index is 0.124. The van der Waals surface area contributed by atoms with Crippen LogP contribution in [0.3, 0.4) is 0 Å². The Labute approximate surface area is 123 Å². The van der Waals surface area contributed by atoms with Gasteiger partial charge in [0.15, 0.2) is 5.96 Å². The standard InChI is InChI=1S/C15H20FN5/c1-15(2,3)19-14(17)18-10-12-8-9-21(20-12)13-6-4-11(16)5-7-13/h4-9H,10H2,1-3H3,(H3,17,18,19). The number of guanidine groups is 1. The quantitative estimate of drug-likeness (QED) is 0.672. The average Bonchev–Trinajstić information content (AvgIpc) is 2.84. The van der Waals surface area contributed by atoms with Gasteiger partial charge in [0.25, 0.3) is 0 Å². The fraction of sp³-hybridized carbons (Fsp3) is 0.333. The maximum absolute atomic E-state index is 12.9. The Morgan fingerprint density at radius 3 is 2.57 bits per heavy atom. The van der Waals surface area contributed by atoms with E-state index in [0.29, 0.717) is 12.5 Å². The monoisotopic (exact) mass is 289 g/mol. The lowest BCUT2D eigenvalue weighted by Gasteiger charge is -2.20. The molecule has 0 spiro atoms. The second-order valence-electron chi connectivity index (χ2n) is 5.80. The molecule has 0 aliphatic rings. The molecule has 0 radical (unpaired) electrons. The van der Waals surface area contributed by atoms with Gasteiger partial charge in [-0.25, -0.2) is 14.1 Å². The number of aliphatic imine (C=N–C) groups is 1. The number of nitrogens with two attached hydrogens (primary N) is 1. The summed E-state index contributed by atoms with van der Waals surface area (Å²) in [7, 11) is 0. The third-order valence-corrected chi connectivity index (χ3v) is 2.65. The van der Waals surface area contributed by atoms with Gasteiger partial charge >= 0.3 is 0 Å². The molecule has 0 saturated carbocycles. The number of nitrogens with one attached hydrogen (secondary N) is 1. The molecule has 0 aliphatic carbocycles. The zero-order valence-corrected chi connectivity index (χ0v) is 12.5. The van der Waals surface area contributed by atoms with Crippen molar-refractivity contribution in [2.24, 2.45) is 10.7 Å². The Morgan fingerprint density at radius 2 is 1.95 bits per heavy atom. The van der Waals surface area contributed by atoms with E-state index >= 15 is 0 Å². The summed E-state index contributed by atoms with van der Waals surface area (Å²) in [4.78, 5) is 4.25. The van der Waals surface area contributed by atoms with Crippen LogP contribution in [0.1, 0.15) is 26.5 Å². The second kappa shape index (κ2) is 5.95. The summed E-state index contributed by atoms with van der Waals surface area (Å²) in [6.07, 6.45) is 1.81. The van der Waals surface area contributed by atoms with Crippen molar-refractivity contribution in [2.75, 3.05) is 0 Å². The van der Waals surface area contributed by atoms with E-state index in [1.807, 2.05) is 33.0 Å². The first-order valence-corrected chi connectivity index (χ1v) is 6.72. The maximum Gasteiger partial charge on any atom is 0.189 e. The van der Waals surface area contributed by atoms with Crippen molar-refractivity contribution in [3.05, 3.63) is 48.0 Å². The van der Waals surface area contributed by atoms with Crippen LogP contribution in [0.2, 0.25) is 0 Å². The zero-order valence-electron chi connectivity index (χ0n) is 12.5. The molecule has 0 unspecified atom stereocenters. The van der Waals surface area contributed by atoms with Gasteiger partial charge in [0.2, 0.25) is 0 Å². The third-order valence-electron chi connectivity index (χ3n) is 2.65. The Bertz CT molecular complexity index is 622. The Balaban J connectivity index is 2.03. The predicted molar refractivity (Wildman–Crippen MR) is 81.7 cm³/mol. The van der Waals surface area contributed by atoms with Crippen LogP contribution < -0.4 is 11.1 Å². The van der Waals surface area contributed by atoms with E-state index in [-0.39, 0.29) is 11.4 Å². The van der Waals surface area contributed by atoms with Crippen molar-refractivity contribution in [3.8, 4) is 5.69 Å². The number of benzene rings is 1. The fourth-order valence-corrected chi connectivity index (χ4v) is 1.77. The van der Waals surface area contributed by atoms with Crippen LogP contribution in [0.25, 0.3) is 5.69 Å². The van der Waals surface area contributed by atoms with Gasteiger partial charge < -0.3 is 11.1 Å². The number of nitrogens with zero attached hydrogens (tertiary/aromatic N) is 3. The van der Waals surface area contributed by atoms with Crippen LogP contribution in [-0.2, 0) is 6.54 Å². The minimum Gasteiger partial charge on any atom is -0.370 e. The van der Waals surface area contributed by atoms with Gasteiger partial charge in [-0.15, -0.1) is 0 Å². The lowest BCUT2D eigenvalue weighted by atomic mass is 10.1. The molecular formula is C15H20FN5. The van der Waals surface area contributed by atoms with Crippen LogP contribution in [0, 0.1) is 5.82 Å². The van der Waals surface area contributed by atoms with Crippen LogP contribution in [0.5, 0.6) is 0 Å². The first kappa shape index (κ1) is 15.0. The van der Waals surface area contributed by atoms with Crippen molar-refractivity contribution in [1.82, 2.24) is 15.1 Å². The van der Waals surface area contributed by atoms with Gasteiger partial charge in [0.05, 0.1) is 17.9 Å². The van der Waals surface area contributed by atoms with Gasteiger partial charge in [0.1, 0.15) is 5.82 Å². The molecule has 2 rings (SSSR count). The number of halogens is 1.